The number of anilines is 1. The van der Waals surface area contributed by atoms with Gasteiger partial charge in [-0.25, -0.2) is 0 Å². The summed E-state index contributed by atoms with van der Waals surface area (Å²) in [6, 6.07) is 4.50. The average Bonchev–Trinajstić information content (AvgIpc) is 2.85. The van der Waals surface area contributed by atoms with Gasteiger partial charge in [0.2, 0.25) is 5.91 Å². The summed E-state index contributed by atoms with van der Waals surface area (Å²) < 4.78 is 0. The summed E-state index contributed by atoms with van der Waals surface area (Å²) in [5.41, 5.74) is 7.04. The van der Waals surface area contributed by atoms with E-state index in [0.717, 1.165) is 10.9 Å². The number of aromatic amines is 1. The molecule has 1 heterocycles. The molecule has 0 aliphatic rings. The summed E-state index contributed by atoms with van der Waals surface area (Å²) in [6.45, 7) is 0. The molecule has 0 saturated carbocycles. The molecule has 0 saturated heterocycles. The number of hydrogen-bond acceptors (Lipinski definition) is 4. The number of amides is 1. The van der Waals surface area contributed by atoms with Gasteiger partial charge in [0.1, 0.15) is 0 Å². The highest BCUT2D eigenvalue weighted by molar-refractivity contribution is 6.02. The van der Waals surface area contributed by atoms with Gasteiger partial charge in [-0.15, -0.1) is 0 Å². The molecule has 0 radical (unpaired) electrons. The minimum absolute atomic E-state index is 0.0997. The Kier molecular flexibility index (Phi) is 3.76. The summed E-state index contributed by atoms with van der Waals surface area (Å²) in [5, 5.41) is 18.7. The molecule has 19 heavy (non-hydrogen) atoms. The highest BCUT2D eigenvalue weighted by Crippen LogP contribution is 2.21. The van der Waals surface area contributed by atoms with Crippen LogP contribution in [0.25, 0.3) is 10.9 Å². The van der Waals surface area contributed by atoms with E-state index in [1.165, 1.54) is 0 Å². The number of nitrogens with two attached hydrogens (primary N) is 1. The summed E-state index contributed by atoms with van der Waals surface area (Å²) in [5.74, 6) is -1.38. The molecule has 1 atom stereocenters. The zero-order valence-electron chi connectivity index (χ0n) is 10.1. The number of aromatic nitrogens is 2. The van der Waals surface area contributed by atoms with Gasteiger partial charge in [0.15, 0.2) is 0 Å². The van der Waals surface area contributed by atoms with E-state index in [9.17, 15) is 9.59 Å². The lowest BCUT2D eigenvalue weighted by Gasteiger charge is -2.11. The lowest BCUT2D eigenvalue weighted by Crippen LogP contribution is -2.36. The van der Waals surface area contributed by atoms with Crippen LogP contribution in [0.5, 0.6) is 0 Å². The van der Waals surface area contributed by atoms with Gasteiger partial charge < -0.3 is 16.2 Å². The van der Waals surface area contributed by atoms with Crippen LogP contribution in [0.15, 0.2) is 24.4 Å². The van der Waals surface area contributed by atoms with E-state index >= 15 is 0 Å². The van der Waals surface area contributed by atoms with E-state index in [0.29, 0.717) is 5.69 Å². The van der Waals surface area contributed by atoms with Crippen molar-refractivity contribution in [1.82, 2.24) is 10.2 Å². The zero-order valence-corrected chi connectivity index (χ0v) is 10.1. The lowest BCUT2D eigenvalue weighted by molar-refractivity contribution is -0.137. The molecule has 0 spiro atoms. The Labute approximate surface area is 108 Å². The summed E-state index contributed by atoms with van der Waals surface area (Å²) in [7, 11) is 0. The number of hydrogen-bond donors (Lipinski definition) is 4. The van der Waals surface area contributed by atoms with E-state index in [1.807, 2.05) is 6.07 Å². The topological polar surface area (TPSA) is 121 Å². The molecule has 0 fully saturated rings. The molecular formula is C12H14N4O3. The van der Waals surface area contributed by atoms with Crippen LogP contribution in [0.1, 0.15) is 12.8 Å². The number of carboxylic acid groups (broad SMARTS) is 1. The van der Waals surface area contributed by atoms with Crippen LogP contribution in [0.2, 0.25) is 0 Å². The normalized spacial score (nSPS) is 12.3. The van der Waals surface area contributed by atoms with Crippen LogP contribution in [0.3, 0.4) is 0 Å². The number of aliphatic carboxylic acids is 1. The van der Waals surface area contributed by atoms with Crippen molar-refractivity contribution in [3.05, 3.63) is 24.4 Å². The number of benzene rings is 1. The number of H-pyrrole nitrogens is 1. The number of rotatable bonds is 5. The zero-order chi connectivity index (χ0) is 13.8. The van der Waals surface area contributed by atoms with Crippen molar-refractivity contribution in [2.75, 3.05) is 5.32 Å². The van der Waals surface area contributed by atoms with E-state index < -0.39 is 17.9 Å². The largest absolute Gasteiger partial charge is 0.481 e. The maximum atomic E-state index is 11.8. The molecule has 0 aliphatic carbocycles. The van der Waals surface area contributed by atoms with Crippen LogP contribution < -0.4 is 11.1 Å². The number of nitrogens with one attached hydrogen (secondary N) is 2. The third-order valence-corrected chi connectivity index (χ3v) is 2.75. The fourth-order valence-corrected chi connectivity index (χ4v) is 1.71. The van der Waals surface area contributed by atoms with Gasteiger partial charge in [-0.05, 0) is 18.6 Å². The Morgan fingerprint density at radius 2 is 2.26 bits per heavy atom. The van der Waals surface area contributed by atoms with Crippen LogP contribution in [0.4, 0.5) is 5.69 Å². The van der Waals surface area contributed by atoms with Gasteiger partial charge in [0.05, 0.1) is 23.4 Å². The van der Waals surface area contributed by atoms with Crippen molar-refractivity contribution in [2.24, 2.45) is 5.73 Å². The first kappa shape index (κ1) is 13.0. The molecule has 1 aromatic carbocycles. The average molecular weight is 262 g/mol. The van der Waals surface area contributed by atoms with Crippen LogP contribution in [0, 0.1) is 0 Å². The number of fused-ring (bicyclic) bond motifs is 1. The Balaban J connectivity index is 2.06. The molecular weight excluding hydrogens is 248 g/mol. The number of carboxylic acids is 1. The summed E-state index contributed by atoms with van der Waals surface area (Å²) in [6.07, 6.45) is 1.57. The SMILES string of the molecule is NC(CCC(=O)O)C(=O)Nc1cccc2[nH]ncc12. The van der Waals surface area contributed by atoms with E-state index in [1.54, 1.807) is 18.3 Å². The fraction of sp³-hybridized carbons (Fsp3) is 0.250. The maximum Gasteiger partial charge on any atom is 0.303 e. The molecule has 0 aliphatic heterocycles. The second kappa shape index (κ2) is 5.49. The van der Waals surface area contributed by atoms with Gasteiger partial charge in [-0.3, -0.25) is 14.7 Å². The van der Waals surface area contributed by atoms with Crippen molar-refractivity contribution < 1.29 is 14.7 Å². The van der Waals surface area contributed by atoms with E-state index in [2.05, 4.69) is 15.5 Å². The van der Waals surface area contributed by atoms with Crippen molar-refractivity contribution >= 4 is 28.5 Å². The molecule has 1 unspecified atom stereocenters. The first-order valence-electron chi connectivity index (χ1n) is 5.78. The molecule has 1 amide bonds. The minimum Gasteiger partial charge on any atom is -0.481 e. The Morgan fingerprint density at radius 3 is 3.00 bits per heavy atom. The molecule has 1 aromatic heterocycles. The highest BCUT2D eigenvalue weighted by Gasteiger charge is 2.16. The molecule has 7 nitrogen and oxygen atoms in total. The van der Waals surface area contributed by atoms with Gasteiger partial charge in [-0.1, -0.05) is 6.07 Å². The molecule has 7 heteroatoms. The molecule has 0 bridgehead atoms. The Bertz CT molecular complexity index is 608. The second-order valence-electron chi connectivity index (χ2n) is 4.16. The van der Waals surface area contributed by atoms with Gasteiger partial charge >= 0.3 is 5.97 Å². The summed E-state index contributed by atoms with van der Waals surface area (Å²) >= 11 is 0. The van der Waals surface area contributed by atoms with Crippen LogP contribution >= 0.6 is 0 Å². The van der Waals surface area contributed by atoms with Crippen molar-refractivity contribution in [1.29, 1.82) is 0 Å². The van der Waals surface area contributed by atoms with Crippen molar-refractivity contribution in [3.63, 3.8) is 0 Å². The number of carbonyl (C=O) groups excluding carboxylic acids is 1. The quantitative estimate of drug-likeness (QED) is 0.631. The highest BCUT2D eigenvalue weighted by atomic mass is 16.4. The predicted octanol–water partition coefficient (Wildman–Crippen LogP) is 0.693. The van der Waals surface area contributed by atoms with Crippen LogP contribution in [-0.4, -0.2) is 33.2 Å². The Morgan fingerprint density at radius 1 is 1.47 bits per heavy atom. The maximum absolute atomic E-state index is 11.8. The third kappa shape index (κ3) is 3.08. The minimum atomic E-state index is -0.972. The number of carbonyl (C=O) groups is 2. The predicted molar refractivity (Wildman–Crippen MR) is 69.6 cm³/mol. The molecule has 2 rings (SSSR count). The molecule has 2 aromatic rings. The fourth-order valence-electron chi connectivity index (χ4n) is 1.71. The smallest absolute Gasteiger partial charge is 0.303 e. The Hall–Kier alpha value is -2.41. The molecule has 100 valence electrons. The lowest BCUT2D eigenvalue weighted by atomic mass is 10.1. The molecule has 5 N–H and O–H groups in total. The summed E-state index contributed by atoms with van der Waals surface area (Å²) in [4.78, 5) is 22.3. The third-order valence-electron chi connectivity index (χ3n) is 2.75. The van der Waals surface area contributed by atoms with Gasteiger partial charge in [0, 0.05) is 11.8 Å². The van der Waals surface area contributed by atoms with E-state index in [-0.39, 0.29) is 12.8 Å². The monoisotopic (exact) mass is 262 g/mol. The first-order chi connectivity index (χ1) is 9.08. The van der Waals surface area contributed by atoms with Gasteiger partial charge in [-0.2, -0.15) is 5.10 Å². The van der Waals surface area contributed by atoms with Crippen molar-refractivity contribution in [3.8, 4) is 0 Å². The first-order valence-corrected chi connectivity index (χ1v) is 5.78. The van der Waals surface area contributed by atoms with Crippen molar-refractivity contribution in [2.45, 2.75) is 18.9 Å². The number of nitrogens with zero attached hydrogens (tertiary/aromatic N) is 1. The van der Waals surface area contributed by atoms with E-state index in [4.69, 9.17) is 10.8 Å². The van der Waals surface area contributed by atoms with Gasteiger partial charge in [0.25, 0.3) is 0 Å². The standard InChI is InChI=1S/C12H14N4O3/c13-8(4-5-11(17)18)12(19)15-9-2-1-3-10-7(9)6-14-16-10/h1-3,6,8H,4-5,13H2,(H,14,16)(H,15,19)(H,17,18). The van der Waals surface area contributed by atoms with Crippen LogP contribution in [-0.2, 0) is 9.59 Å². The second-order valence-corrected chi connectivity index (χ2v) is 4.16.